The maximum Gasteiger partial charge on any atom is 0.274 e. The summed E-state index contributed by atoms with van der Waals surface area (Å²) in [6.07, 6.45) is 0.823. The van der Waals surface area contributed by atoms with E-state index in [1.165, 1.54) is 6.07 Å². The molecule has 2 aromatic carbocycles. The maximum absolute atomic E-state index is 12.2. The van der Waals surface area contributed by atoms with Gasteiger partial charge in [0.25, 0.3) is 5.69 Å². The first-order chi connectivity index (χ1) is 10.6. The summed E-state index contributed by atoms with van der Waals surface area (Å²) in [5.74, 6) is 0.122. The first-order valence-electron chi connectivity index (χ1n) is 7.17. The fraction of sp³-hybridized carbons (Fsp3) is 0.235. The summed E-state index contributed by atoms with van der Waals surface area (Å²) >= 11 is 0. The van der Waals surface area contributed by atoms with Crippen molar-refractivity contribution in [3.05, 3.63) is 69.8 Å². The highest BCUT2D eigenvalue weighted by atomic mass is 16.6. The van der Waals surface area contributed by atoms with Gasteiger partial charge in [-0.15, -0.1) is 0 Å². The van der Waals surface area contributed by atoms with Gasteiger partial charge in [-0.2, -0.15) is 0 Å². The number of carbonyl (C=O) groups is 1. The Kier molecular flexibility index (Phi) is 3.63. The average molecular weight is 296 g/mol. The number of anilines is 1. The number of nitrogens with one attached hydrogen (secondary N) is 1. The zero-order valence-corrected chi connectivity index (χ0v) is 12.2. The molecule has 5 heteroatoms. The number of nitro groups is 1. The molecule has 1 fully saturated rings. The number of amides is 1. The van der Waals surface area contributed by atoms with Crippen LogP contribution < -0.4 is 5.32 Å². The van der Waals surface area contributed by atoms with Crippen LogP contribution >= 0.6 is 0 Å². The second-order valence-electron chi connectivity index (χ2n) is 5.61. The predicted molar refractivity (Wildman–Crippen MR) is 83.8 cm³/mol. The molecule has 2 aromatic rings. The SMILES string of the molecule is Cc1ccc(NC(=O)[C@H]2C[C@@H]2c2ccccc2)cc1[N+](=O)[O-]. The molecule has 0 saturated heterocycles. The Labute approximate surface area is 128 Å². The van der Waals surface area contributed by atoms with E-state index < -0.39 is 4.92 Å². The van der Waals surface area contributed by atoms with Crippen molar-refractivity contribution >= 4 is 17.3 Å². The zero-order valence-electron chi connectivity index (χ0n) is 12.2. The van der Waals surface area contributed by atoms with Crippen molar-refractivity contribution in [2.75, 3.05) is 5.32 Å². The van der Waals surface area contributed by atoms with E-state index in [-0.39, 0.29) is 23.4 Å². The quantitative estimate of drug-likeness (QED) is 0.691. The van der Waals surface area contributed by atoms with Gasteiger partial charge in [0.2, 0.25) is 5.91 Å². The molecule has 22 heavy (non-hydrogen) atoms. The highest BCUT2D eigenvalue weighted by molar-refractivity contribution is 5.95. The van der Waals surface area contributed by atoms with Crippen molar-refractivity contribution in [3.8, 4) is 0 Å². The first kappa shape index (κ1) is 14.3. The Morgan fingerprint density at radius 1 is 1.23 bits per heavy atom. The molecule has 1 aliphatic carbocycles. The Hall–Kier alpha value is -2.69. The minimum absolute atomic E-state index is 0.0215. The van der Waals surface area contributed by atoms with Crippen molar-refractivity contribution in [2.24, 2.45) is 5.92 Å². The van der Waals surface area contributed by atoms with E-state index in [4.69, 9.17) is 0 Å². The van der Waals surface area contributed by atoms with Crippen LogP contribution in [0.3, 0.4) is 0 Å². The van der Waals surface area contributed by atoms with E-state index in [1.807, 2.05) is 30.3 Å². The van der Waals surface area contributed by atoms with Gasteiger partial charge in [-0.1, -0.05) is 36.4 Å². The molecule has 3 rings (SSSR count). The normalized spacial score (nSPS) is 19.5. The van der Waals surface area contributed by atoms with Gasteiger partial charge in [-0.05, 0) is 30.9 Å². The van der Waals surface area contributed by atoms with Crippen LogP contribution in [-0.2, 0) is 4.79 Å². The maximum atomic E-state index is 12.2. The van der Waals surface area contributed by atoms with E-state index >= 15 is 0 Å². The molecule has 0 spiro atoms. The Morgan fingerprint density at radius 2 is 1.95 bits per heavy atom. The Balaban J connectivity index is 1.69. The summed E-state index contributed by atoms with van der Waals surface area (Å²) in [4.78, 5) is 22.7. The van der Waals surface area contributed by atoms with Gasteiger partial charge in [-0.25, -0.2) is 0 Å². The molecule has 0 unspecified atom stereocenters. The number of nitro benzene ring substituents is 1. The van der Waals surface area contributed by atoms with Gasteiger partial charge in [0.15, 0.2) is 0 Å². The minimum Gasteiger partial charge on any atom is -0.326 e. The van der Waals surface area contributed by atoms with Crippen molar-refractivity contribution in [2.45, 2.75) is 19.3 Å². The molecule has 5 nitrogen and oxygen atoms in total. The molecule has 1 amide bonds. The van der Waals surface area contributed by atoms with Crippen LogP contribution in [0.25, 0.3) is 0 Å². The van der Waals surface area contributed by atoms with Gasteiger partial charge in [-0.3, -0.25) is 14.9 Å². The number of aryl methyl sites for hydroxylation is 1. The standard InChI is InChI=1S/C17H16N2O3/c1-11-7-8-13(9-16(11)19(21)22)18-17(20)15-10-14(15)12-5-3-2-4-6-12/h2-9,14-15H,10H2,1H3,(H,18,20)/t14-,15+/m1/s1. The van der Waals surface area contributed by atoms with Gasteiger partial charge in [0.05, 0.1) is 4.92 Å². The lowest BCUT2D eigenvalue weighted by Crippen LogP contribution is -2.14. The lowest BCUT2D eigenvalue weighted by atomic mass is 10.1. The van der Waals surface area contributed by atoms with E-state index in [0.717, 1.165) is 12.0 Å². The second-order valence-corrected chi connectivity index (χ2v) is 5.61. The summed E-state index contributed by atoms with van der Waals surface area (Å²) in [6, 6.07) is 14.7. The summed E-state index contributed by atoms with van der Waals surface area (Å²) in [5, 5.41) is 13.7. The number of hydrogen-bond acceptors (Lipinski definition) is 3. The molecular weight excluding hydrogens is 280 g/mol. The summed E-state index contributed by atoms with van der Waals surface area (Å²) in [6.45, 7) is 1.68. The van der Waals surface area contributed by atoms with Crippen LogP contribution in [0.2, 0.25) is 0 Å². The van der Waals surface area contributed by atoms with Gasteiger partial charge >= 0.3 is 0 Å². The minimum atomic E-state index is -0.436. The third kappa shape index (κ3) is 2.83. The molecule has 0 aliphatic heterocycles. The molecule has 1 aliphatic rings. The number of nitrogens with zero attached hydrogens (tertiary/aromatic N) is 1. The molecule has 0 heterocycles. The molecule has 0 bridgehead atoms. The Morgan fingerprint density at radius 3 is 2.64 bits per heavy atom. The fourth-order valence-electron chi connectivity index (χ4n) is 2.67. The van der Waals surface area contributed by atoms with E-state index in [0.29, 0.717) is 11.3 Å². The first-order valence-corrected chi connectivity index (χ1v) is 7.17. The van der Waals surface area contributed by atoms with Gasteiger partial charge in [0, 0.05) is 23.2 Å². The van der Waals surface area contributed by atoms with E-state index in [1.54, 1.807) is 19.1 Å². The Bertz CT molecular complexity index is 728. The number of benzene rings is 2. The van der Waals surface area contributed by atoms with E-state index in [2.05, 4.69) is 5.32 Å². The highest BCUT2D eigenvalue weighted by Gasteiger charge is 2.43. The molecule has 1 saturated carbocycles. The van der Waals surface area contributed by atoms with Crippen molar-refractivity contribution in [3.63, 3.8) is 0 Å². The molecule has 0 radical (unpaired) electrons. The second kappa shape index (κ2) is 5.60. The highest BCUT2D eigenvalue weighted by Crippen LogP contribution is 2.47. The van der Waals surface area contributed by atoms with Crippen LogP contribution in [0.15, 0.2) is 48.5 Å². The lowest BCUT2D eigenvalue weighted by Gasteiger charge is -2.06. The van der Waals surface area contributed by atoms with E-state index in [9.17, 15) is 14.9 Å². The average Bonchev–Trinajstić information content (AvgIpc) is 3.30. The summed E-state index contributed by atoms with van der Waals surface area (Å²) in [5.41, 5.74) is 2.24. The van der Waals surface area contributed by atoms with Crippen LogP contribution in [0.4, 0.5) is 11.4 Å². The largest absolute Gasteiger partial charge is 0.326 e. The van der Waals surface area contributed by atoms with Crippen LogP contribution in [0, 0.1) is 23.0 Å². The fourth-order valence-corrected chi connectivity index (χ4v) is 2.67. The predicted octanol–water partition coefficient (Wildman–Crippen LogP) is 3.65. The van der Waals surface area contributed by atoms with Crippen molar-refractivity contribution in [1.29, 1.82) is 0 Å². The van der Waals surface area contributed by atoms with Gasteiger partial charge < -0.3 is 5.32 Å². The third-order valence-corrected chi connectivity index (χ3v) is 4.03. The number of carbonyl (C=O) groups excluding carboxylic acids is 1. The lowest BCUT2D eigenvalue weighted by molar-refractivity contribution is -0.385. The molecule has 112 valence electrons. The van der Waals surface area contributed by atoms with Crippen molar-refractivity contribution in [1.82, 2.24) is 0 Å². The van der Waals surface area contributed by atoms with Gasteiger partial charge in [0.1, 0.15) is 0 Å². The molecular formula is C17H16N2O3. The zero-order chi connectivity index (χ0) is 15.7. The van der Waals surface area contributed by atoms with Crippen molar-refractivity contribution < 1.29 is 9.72 Å². The summed E-state index contributed by atoms with van der Waals surface area (Å²) in [7, 11) is 0. The smallest absolute Gasteiger partial charge is 0.274 e. The molecule has 0 aromatic heterocycles. The number of hydrogen-bond donors (Lipinski definition) is 1. The summed E-state index contributed by atoms with van der Waals surface area (Å²) < 4.78 is 0. The van der Waals surface area contributed by atoms with Crippen LogP contribution in [0.5, 0.6) is 0 Å². The molecule has 2 atom stereocenters. The van der Waals surface area contributed by atoms with Crippen LogP contribution in [0.1, 0.15) is 23.5 Å². The monoisotopic (exact) mass is 296 g/mol. The number of rotatable bonds is 4. The van der Waals surface area contributed by atoms with Crippen LogP contribution in [-0.4, -0.2) is 10.8 Å². The third-order valence-electron chi connectivity index (χ3n) is 4.03. The topological polar surface area (TPSA) is 72.2 Å². The molecule has 1 N–H and O–H groups in total.